The standard InChI is InChI=1S/C27H28ClFN6O5S/c28-20-10-16(2-4-23(20)41(36,37)18-6-8-39-14-18)22-12-32-25(30)24(33-22)27-35-34-26(40-27)19-3-1-15(9-21(19)29)11-31-17-5-7-38-13-17/h2,4,9-10,12,17-18,31H,1,3,5-8,11,13-14H2,(H2,30,32)/t17-,18?/m1/s1. The van der Waals surface area contributed by atoms with Gasteiger partial charge in [-0.15, -0.1) is 10.2 Å². The summed E-state index contributed by atoms with van der Waals surface area (Å²) < 4.78 is 57.4. The Morgan fingerprint density at radius 1 is 1.10 bits per heavy atom. The van der Waals surface area contributed by atoms with Crippen LogP contribution in [0.1, 0.15) is 31.6 Å². The maximum Gasteiger partial charge on any atom is 0.270 e. The van der Waals surface area contributed by atoms with E-state index in [-0.39, 0.29) is 39.8 Å². The van der Waals surface area contributed by atoms with Crippen molar-refractivity contribution in [2.75, 3.05) is 38.7 Å². The van der Waals surface area contributed by atoms with Crippen LogP contribution in [0.3, 0.4) is 0 Å². The number of hydrogen-bond acceptors (Lipinski definition) is 11. The van der Waals surface area contributed by atoms with Gasteiger partial charge < -0.3 is 24.9 Å². The first-order chi connectivity index (χ1) is 19.8. The van der Waals surface area contributed by atoms with Crippen molar-refractivity contribution in [1.29, 1.82) is 0 Å². The lowest BCUT2D eigenvalue weighted by molar-refractivity contribution is 0.190. The van der Waals surface area contributed by atoms with Gasteiger partial charge in [0.25, 0.3) is 5.89 Å². The van der Waals surface area contributed by atoms with Crippen molar-refractivity contribution in [1.82, 2.24) is 25.5 Å². The smallest absolute Gasteiger partial charge is 0.270 e. The average Bonchev–Trinajstić information content (AvgIpc) is 3.75. The van der Waals surface area contributed by atoms with Crippen molar-refractivity contribution in [3.05, 3.63) is 52.8 Å². The van der Waals surface area contributed by atoms with E-state index >= 15 is 4.39 Å². The second-order valence-electron chi connectivity index (χ2n) is 10.1. The quantitative estimate of drug-likeness (QED) is 0.387. The van der Waals surface area contributed by atoms with Gasteiger partial charge in [-0.05, 0) is 43.9 Å². The molecule has 6 rings (SSSR count). The van der Waals surface area contributed by atoms with Crippen LogP contribution < -0.4 is 11.1 Å². The van der Waals surface area contributed by atoms with Crippen LogP contribution in [0.2, 0.25) is 5.02 Å². The van der Waals surface area contributed by atoms with Gasteiger partial charge in [0.2, 0.25) is 5.89 Å². The van der Waals surface area contributed by atoms with Gasteiger partial charge in [0.15, 0.2) is 21.3 Å². The molecular weight excluding hydrogens is 575 g/mol. The fraction of sp³-hybridized carbons (Fsp3) is 0.407. The molecule has 216 valence electrons. The van der Waals surface area contributed by atoms with Gasteiger partial charge in [-0.1, -0.05) is 23.2 Å². The summed E-state index contributed by atoms with van der Waals surface area (Å²) in [6.45, 7) is 2.55. The third kappa shape index (κ3) is 5.77. The molecule has 1 aromatic carbocycles. The molecule has 11 nitrogen and oxygen atoms in total. The van der Waals surface area contributed by atoms with Gasteiger partial charge in [-0.3, -0.25) is 0 Å². The zero-order valence-electron chi connectivity index (χ0n) is 22.0. The van der Waals surface area contributed by atoms with Crippen LogP contribution in [-0.4, -0.2) is 72.8 Å². The van der Waals surface area contributed by atoms with Gasteiger partial charge in [-0.25, -0.2) is 22.8 Å². The van der Waals surface area contributed by atoms with Crippen molar-refractivity contribution in [2.24, 2.45) is 0 Å². The first-order valence-electron chi connectivity index (χ1n) is 13.3. The van der Waals surface area contributed by atoms with E-state index in [0.29, 0.717) is 61.9 Å². The Bertz CT molecular complexity index is 1630. The molecule has 3 aromatic rings. The molecule has 1 unspecified atom stereocenters. The van der Waals surface area contributed by atoms with Gasteiger partial charge in [0.1, 0.15) is 5.83 Å². The van der Waals surface area contributed by atoms with Crippen LogP contribution in [0.5, 0.6) is 0 Å². The monoisotopic (exact) mass is 602 g/mol. The maximum atomic E-state index is 15.0. The Kier molecular flexibility index (Phi) is 7.88. The fourth-order valence-electron chi connectivity index (χ4n) is 5.03. The lowest BCUT2D eigenvalue weighted by atomic mass is 9.97. The molecule has 14 heteroatoms. The lowest BCUT2D eigenvalue weighted by Gasteiger charge is -2.17. The number of hydrogen-bond donors (Lipinski definition) is 2. The Balaban J connectivity index is 1.22. The normalized spacial score (nSPS) is 21.5. The van der Waals surface area contributed by atoms with E-state index < -0.39 is 20.9 Å². The molecule has 2 aliphatic heterocycles. The highest BCUT2D eigenvalue weighted by molar-refractivity contribution is 7.92. The summed E-state index contributed by atoms with van der Waals surface area (Å²) in [6.07, 6.45) is 5.37. The first-order valence-corrected chi connectivity index (χ1v) is 15.2. The van der Waals surface area contributed by atoms with E-state index in [1.165, 1.54) is 24.4 Å². The Labute approximate surface area is 240 Å². The molecule has 2 aromatic heterocycles. The number of halogens is 2. The van der Waals surface area contributed by atoms with Crippen LogP contribution in [-0.2, 0) is 19.3 Å². The highest BCUT2D eigenvalue weighted by Crippen LogP contribution is 2.35. The van der Waals surface area contributed by atoms with Gasteiger partial charge >= 0.3 is 0 Å². The number of rotatable bonds is 8. The van der Waals surface area contributed by atoms with Crippen LogP contribution in [0.25, 0.3) is 28.4 Å². The second kappa shape index (κ2) is 11.6. The molecule has 2 atom stereocenters. The van der Waals surface area contributed by atoms with Crippen molar-refractivity contribution < 1.29 is 26.7 Å². The number of allylic oxidation sites excluding steroid dienone is 3. The van der Waals surface area contributed by atoms with Crippen molar-refractivity contribution in [3.8, 4) is 22.8 Å². The highest BCUT2D eigenvalue weighted by atomic mass is 35.5. The fourth-order valence-corrected chi connectivity index (χ4v) is 7.16. The molecule has 3 N–H and O–H groups in total. The third-order valence-corrected chi connectivity index (χ3v) is 10.1. The van der Waals surface area contributed by atoms with Crippen molar-refractivity contribution in [3.63, 3.8) is 0 Å². The van der Waals surface area contributed by atoms with Gasteiger partial charge in [-0.2, -0.15) is 0 Å². The predicted molar refractivity (Wildman–Crippen MR) is 149 cm³/mol. The molecule has 0 amide bonds. The molecule has 0 spiro atoms. The zero-order valence-corrected chi connectivity index (χ0v) is 23.5. The molecular formula is C27H28ClFN6O5S. The number of nitrogen functional groups attached to an aromatic ring is 1. The number of ether oxygens (including phenoxy) is 2. The number of benzene rings is 1. The van der Waals surface area contributed by atoms with Crippen LogP contribution in [0.4, 0.5) is 10.2 Å². The summed E-state index contributed by atoms with van der Waals surface area (Å²) in [7, 11) is -3.64. The SMILES string of the molecule is Nc1ncc(-c2ccc(S(=O)(=O)C3CCOC3)c(Cl)c2)nc1-c1nnc(C2=C(F)C=C(CN[C@@H]3CCOC3)CC2)o1. The summed E-state index contributed by atoms with van der Waals surface area (Å²) in [5, 5.41) is 10.9. The van der Waals surface area contributed by atoms with Crippen molar-refractivity contribution in [2.45, 2.75) is 41.9 Å². The van der Waals surface area contributed by atoms with E-state index in [4.69, 9.17) is 31.2 Å². The Morgan fingerprint density at radius 3 is 2.63 bits per heavy atom. The highest BCUT2D eigenvalue weighted by Gasteiger charge is 2.33. The average molecular weight is 603 g/mol. The molecule has 0 saturated carbocycles. The summed E-state index contributed by atoms with van der Waals surface area (Å²) in [6, 6.07) is 4.84. The van der Waals surface area contributed by atoms with E-state index in [9.17, 15) is 8.42 Å². The molecule has 4 heterocycles. The minimum atomic E-state index is -3.64. The Morgan fingerprint density at radius 2 is 1.90 bits per heavy atom. The number of nitrogens with one attached hydrogen (secondary N) is 1. The molecule has 0 bridgehead atoms. The van der Waals surface area contributed by atoms with Crippen LogP contribution in [0, 0.1) is 0 Å². The third-order valence-electron chi connectivity index (χ3n) is 7.41. The Hall–Kier alpha value is -3.23. The van der Waals surface area contributed by atoms with Gasteiger partial charge in [0.05, 0.1) is 45.8 Å². The summed E-state index contributed by atoms with van der Waals surface area (Å²) in [5.74, 6) is -0.355. The van der Waals surface area contributed by atoms with E-state index in [2.05, 4.69) is 25.5 Å². The minimum absolute atomic E-state index is 0.0173. The molecule has 0 radical (unpaired) electrons. The number of sulfone groups is 1. The van der Waals surface area contributed by atoms with Crippen LogP contribution in [0.15, 0.2) is 51.2 Å². The number of nitrogens with two attached hydrogens (primary N) is 1. The molecule has 2 fully saturated rings. The lowest BCUT2D eigenvalue weighted by Crippen LogP contribution is -2.31. The number of anilines is 1. The van der Waals surface area contributed by atoms with E-state index in [1.54, 1.807) is 6.07 Å². The molecule has 41 heavy (non-hydrogen) atoms. The summed E-state index contributed by atoms with van der Waals surface area (Å²) in [4.78, 5) is 8.75. The predicted octanol–water partition coefficient (Wildman–Crippen LogP) is 3.77. The molecule has 2 saturated heterocycles. The van der Waals surface area contributed by atoms with Crippen LogP contribution >= 0.6 is 11.6 Å². The molecule has 1 aliphatic carbocycles. The van der Waals surface area contributed by atoms with Gasteiger partial charge in [0, 0.05) is 31.4 Å². The summed E-state index contributed by atoms with van der Waals surface area (Å²) >= 11 is 6.41. The summed E-state index contributed by atoms with van der Waals surface area (Å²) in [5.41, 5.74) is 8.33. The number of nitrogens with zero attached hydrogens (tertiary/aromatic N) is 4. The topological polar surface area (TPSA) is 155 Å². The van der Waals surface area contributed by atoms with E-state index in [0.717, 1.165) is 18.6 Å². The maximum absolute atomic E-state index is 15.0. The van der Waals surface area contributed by atoms with E-state index in [1.807, 2.05) is 0 Å². The largest absolute Gasteiger partial charge is 0.415 e. The van der Waals surface area contributed by atoms with Crippen molar-refractivity contribution >= 4 is 32.8 Å². The first kappa shape index (κ1) is 27.9. The zero-order chi connectivity index (χ0) is 28.6. The molecule has 3 aliphatic rings. The number of aromatic nitrogens is 4. The second-order valence-corrected chi connectivity index (χ2v) is 12.8. The minimum Gasteiger partial charge on any atom is -0.415 e.